The maximum absolute atomic E-state index is 6.33. The number of rotatable bonds is 6. The molecule has 0 amide bonds. The minimum absolute atomic E-state index is 0.0967. The zero-order chi connectivity index (χ0) is 21.8. The number of nitrogens with zero attached hydrogens (tertiary/aromatic N) is 2. The van der Waals surface area contributed by atoms with E-state index in [1.807, 2.05) is 6.07 Å². The first-order valence-corrected chi connectivity index (χ1v) is 11.3. The third-order valence-electron chi connectivity index (χ3n) is 6.17. The molecular formula is C27H34N2O2. The second-order valence-corrected chi connectivity index (χ2v) is 9.59. The lowest BCUT2D eigenvalue weighted by Crippen LogP contribution is -2.32. The molecule has 0 atom stereocenters. The van der Waals surface area contributed by atoms with Gasteiger partial charge in [0.15, 0.2) is 5.89 Å². The van der Waals surface area contributed by atoms with Gasteiger partial charge in [-0.3, -0.25) is 4.90 Å². The summed E-state index contributed by atoms with van der Waals surface area (Å²) in [5.41, 5.74) is 3.58. The monoisotopic (exact) mass is 418 g/mol. The summed E-state index contributed by atoms with van der Waals surface area (Å²) in [7, 11) is 1.76. The Morgan fingerprint density at radius 1 is 1.00 bits per heavy atom. The summed E-state index contributed by atoms with van der Waals surface area (Å²) >= 11 is 0. The topological polar surface area (TPSA) is 38.5 Å². The molecule has 1 aromatic heterocycles. The molecule has 1 aliphatic heterocycles. The molecular weight excluding hydrogens is 384 g/mol. The average molecular weight is 419 g/mol. The highest BCUT2D eigenvalue weighted by atomic mass is 16.5. The van der Waals surface area contributed by atoms with Crippen LogP contribution in [0.1, 0.15) is 68.0 Å². The van der Waals surface area contributed by atoms with Gasteiger partial charge in [0.05, 0.1) is 19.3 Å². The summed E-state index contributed by atoms with van der Waals surface area (Å²) in [5, 5.41) is 0. The number of methoxy groups -OCH3 is 1. The molecule has 31 heavy (non-hydrogen) atoms. The minimum atomic E-state index is -0.0967. The van der Waals surface area contributed by atoms with E-state index in [9.17, 15) is 0 Å². The highest BCUT2D eigenvalue weighted by Crippen LogP contribution is 2.35. The van der Waals surface area contributed by atoms with Gasteiger partial charge in [-0.1, -0.05) is 69.3 Å². The Morgan fingerprint density at radius 3 is 2.35 bits per heavy atom. The van der Waals surface area contributed by atoms with Crippen molar-refractivity contribution in [3.8, 4) is 5.75 Å². The molecule has 4 nitrogen and oxygen atoms in total. The van der Waals surface area contributed by atoms with Crippen LogP contribution in [0.2, 0.25) is 0 Å². The Balaban J connectivity index is 1.47. The van der Waals surface area contributed by atoms with Crippen molar-refractivity contribution in [3.05, 3.63) is 83.1 Å². The molecule has 1 fully saturated rings. The van der Waals surface area contributed by atoms with Crippen LogP contribution in [0.5, 0.6) is 5.75 Å². The molecule has 4 heteroatoms. The van der Waals surface area contributed by atoms with E-state index < -0.39 is 0 Å². The number of piperidine rings is 1. The van der Waals surface area contributed by atoms with Crippen LogP contribution in [0.25, 0.3) is 0 Å². The number of ether oxygens (including phenoxy) is 1. The number of hydrogen-bond donors (Lipinski definition) is 0. The quantitative estimate of drug-likeness (QED) is 0.496. The van der Waals surface area contributed by atoms with Gasteiger partial charge in [-0.15, -0.1) is 0 Å². The third-order valence-corrected chi connectivity index (χ3v) is 6.17. The molecule has 1 saturated heterocycles. The summed E-state index contributed by atoms with van der Waals surface area (Å²) in [6, 6.07) is 19.0. The van der Waals surface area contributed by atoms with E-state index in [4.69, 9.17) is 14.1 Å². The van der Waals surface area contributed by atoms with Gasteiger partial charge in [-0.05, 0) is 49.0 Å². The molecule has 0 aliphatic carbocycles. The largest absolute Gasteiger partial charge is 0.496 e. The van der Waals surface area contributed by atoms with Crippen molar-refractivity contribution in [1.29, 1.82) is 0 Å². The average Bonchev–Trinajstić information content (AvgIpc) is 3.18. The first-order valence-electron chi connectivity index (χ1n) is 11.3. The predicted molar refractivity (Wildman–Crippen MR) is 125 cm³/mol. The zero-order valence-electron chi connectivity index (χ0n) is 19.2. The Labute approximate surface area is 186 Å². The Hall–Kier alpha value is -2.59. The number of aromatic nitrogens is 1. The van der Waals surface area contributed by atoms with E-state index in [2.05, 4.69) is 74.2 Å². The molecule has 0 saturated carbocycles. The van der Waals surface area contributed by atoms with Gasteiger partial charge in [-0.2, -0.15) is 0 Å². The van der Waals surface area contributed by atoms with Crippen LogP contribution in [-0.2, 0) is 18.4 Å². The lowest BCUT2D eigenvalue weighted by atomic mass is 9.88. The van der Waals surface area contributed by atoms with E-state index in [1.165, 1.54) is 11.1 Å². The van der Waals surface area contributed by atoms with Crippen molar-refractivity contribution in [1.82, 2.24) is 9.88 Å². The minimum Gasteiger partial charge on any atom is -0.496 e. The van der Waals surface area contributed by atoms with Crippen molar-refractivity contribution in [3.63, 3.8) is 0 Å². The summed E-state index contributed by atoms with van der Waals surface area (Å²) in [5.74, 6) is 3.41. The first kappa shape index (κ1) is 21.6. The van der Waals surface area contributed by atoms with Gasteiger partial charge >= 0.3 is 0 Å². The van der Waals surface area contributed by atoms with Gasteiger partial charge in [0.25, 0.3) is 0 Å². The summed E-state index contributed by atoms with van der Waals surface area (Å²) in [6.07, 6.45) is 3.08. The number of para-hydroxylation sites is 1. The summed E-state index contributed by atoms with van der Waals surface area (Å²) in [4.78, 5) is 7.42. The van der Waals surface area contributed by atoms with Crippen LogP contribution in [0.3, 0.4) is 0 Å². The van der Waals surface area contributed by atoms with E-state index in [0.717, 1.165) is 62.0 Å². The standard InChI is InChI=1S/C27H34N2O2/c1-27(2,3)26-28-23(18-20-10-6-5-7-11-20)25(31-26)19-29-16-14-21(15-17-29)22-12-8-9-13-24(22)30-4/h5-13,21H,14-19H2,1-4H3. The second kappa shape index (κ2) is 9.27. The van der Waals surface area contributed by atoms with Crippen LogP contribution in [0.4, 0.5) is 0 Å². The SMILES string of the molecule is COc1ccccc1C1CCN(Cc2oc(C(C)(C)C)nc2Cc2ccccc2)CC1. The van der Waals surface area contributed by atoms with E-state index in [0.29, 0.717) is 5.92 Å². The second-order valence-electron chi connectivity index (χ2n) is 9.59. The molecule has 164 valence electrons. The van der Waals surface area contributed by atoms with Crippen LogP contribution in [-0.4, -0.2) is 30.1 Å². The molecule has 0 spiro atoms. The van der Waals surface area contributed by atoms with E-state index in [-0.39, 0.29) is 5.41 Å². The van der Waals surface area contributed by atoms with Gasteiger partial charge in [-0.25, -0.2) is 4.98 Å². The number of benzene rings is 2. The fourth-order valence-electron chi connectivity index (χ4n) is 4.36. The van der Waals surface area contributed by atoms with Crippen molar-refractivity contribution in [2.45, 2.75) is 57.9 Å². The third kappa shape index (κ3) is 5.19. The van der Waals surface area contributed by atoms with E-state index >= 15 is 0 Å². The van der Waals surface area contributed by atoms with Crippen LogP contribution < -0.4 is 4.74 Å². The lowest BCUT2D eigenvalue weighted by molar-refractivity contribution is 0.186. The molecule has 0 N–H and O–H groups in total. The summed E-state index contributed by atoms with van der Waals surface area (Å²) < 4.78 is 11.9. The summed E-state index contributed by atoms with van der Waals surface area (Å²) in [6.45, 7) is 9.41. The van der Waals surface area contributed by atoms with Crippen molar-refractivity contribution in [2.24, 2.45) is 0 Å². The van der Waals surface area contributed by atoms with Gasteiger partial charge < -0.3 is 9.15 Å². The van der Waals surface area contributed by atoms with E-state index in [1.54, 1.807) is 7.11 Å². The van der Waals surface area contributed by atoms with Crippen molar-refractivity contribution in [2.75, 3.05) is 20.2 Å². The maximum atomic E-state index is 6.33. The van der Waals surface area contributed by atoms with Crippen LogP contribution in [0.15, 0.2) is 59.0 Å². The smallest absolute Gasteiger partial charge is 0.200 e. The highest BCUT2D eigenvalue weighted by Gasteiger charge is 2.27. The highest BCUT2D eigenvalue weighted by molar-refractivity contribution is 5.36. The number of oxazole rings is 1. The Morgan fingerprint density at radius 2 is 1.68 bits per heavy atom. The van der Waals surface area contributed by atoms with Crippen molar-refractivity contribution >= 4 is 0 Å². The molecule has 0 bridgehead atoms. The predicted octanol–water partition coefficient (Wildman–Crippen LogP) is 5.95. The fraction of sp³-hybridized carbons (Fsp3) is 0.444. The molecule has 1 aliphatic rings. The van der Waals surface area contributed by atoms with Crippen LogP contribution in [0, 0.1) is 0 Å². The zero-order valence-corrected chi connectivity index (χ0v) is 19.2. The molecule has 4 rings (SSSR count). The Bertz CT molecular complexity index is 980. The molecule has 2 aromatic carbocycles. The van der Waals surface area contributed by atoms with Crippen molar-refractivity contribution < 1.29 is 9.15 Å². The first-order chi connectivity index (χ1) is 14.9. The normalized spacial score (nSPS) is 15.9. The molecule has 0 radical (unpaired) electrons. The molecule has 2 heterocycles. The lowest BCUT2D eigenvalue weighted by Gasteiger charge is -2.32. The van der Waals surface area contributed by atoms with Gasteiger partial charge in [0.2, 0.25) is 0 Å². The number of likely N-dealkylation sites (tertiary alicyclic amines) is 1. The molecule has 3 aromatic rings. The number of hydrogen-bond acceptors (Lipinski definition) is 4. The fourth-order valence-corrected chi connectivity index (χ4v) is 4.36. The van der Waals surface area contributed by atoms with Gasteiger partial charge in [0.1, 0.15) is 11.5 Å². The Kier molecular flexibility index (Phi) is 6.47. The molecule has 0 unspecified atom stereocenters. The maximum Gasteiger partial charge on any atom is 0.200 e. The van der Waals surface area contributed by atoms with Crippen LogP contribution >= 0.6 is 0 Å². The van der Waals surface area contributed by atoms with Gasteiger partial charge in [0, 0.05) is 11.8 Å².